The van der Waals surface area contributed by atoms with Gasteiger partial charge in [0.05, 0.1) is 6.10 Å². The fraction of sp³-hybridized carbons (Fsp3) is 0.467. The number of nitrogens with zero attached hydrogens (tertiary/aromatic N) is 2. The Kier molecular flexibility index (Phi) is 4.47. The van der Waals surface area contributed by atoms with Crippen LogP contribution in [0.2, 0.25) is 0 Å². The number of aliphatic carboxylic acids is 1. The largest absolute Gasteiger partial charge is 0.480 e. The molecular weight excluding hydrogens is 272 g/mol. The minimum Gasteiger partial charge on any atom is -0.480 e. The Labute approximate surface area is 123 Å². The Morgan fingerprint density at radius 1 is 1.33 bits per heavy atom. The number of aryl methyl sites for hydroxylation is 1. The summed E-state index contributed by atoms with van der Waals surface area (Å²) in [6.07, 6.45) is -0.692. The molecule has 1 aliphatic rings. The normalized spacial score (nSPS) is 21.4. The first-order chi connectivity index (χ1) is 9.88. The maximum absolute atomic E-state index is 12.4. The van der Waals surface area contributed by atoms with E-state index in [-0.39, 0.29) is 19.0 Å². The molecule has 1 saturated heterocycles. The van der Waals surface area contributed by atoms with Crippen LogP contribution in [0.4, 0.5) is 4.79 Å². The van der Waals surface area contributed by atoms with E-state index in [1.807, 2.05) is 31.2 Å². The van der Waals surface area contributed by atoms with Crippen molar-refractivity contribution >= 4 is 12.0 Å². The van der Waals surface area contributed by atoms with Crippen molar-refractivity contribution in [2.75, 3.05) is 13.6 Å². The van der Waals surface area contributed by atoms with Crippen molar-refractivity contribution < 1.29 is 19.8 Å². The van der Waals surface area contributed by atoms with Crippen LogP contribution in [-0.4, -0.2) is 57.8 Å². The van der Waals surface area contributed by atoms with Crippen molar-refractivity contribution in [3.8, 4) is 0 Å². The number of carboxylic acid groups (broad SMARTS) is 1. The van der Waals surface area contributed by atoms with Crippen LogP contribution in [0, 0.1) is 6.92 Å². The lowest BCUT2D eigenvalue weighted by Gasteiger charge is -2.27. The Balaban J connectivity index is 2.04. The zero-order valence-electron chi connectivity index (χ0n) is 12.2. The Bertz CT molecular complexity index is 529. The molecule has 0 bridgehead atoms. The minimum atomic E-state index is -1.08. The zero-order valence-corrected chi connectivity index (χ0v) is 12.2. The molecule has 0 aromatic heterocycles. The molecular formula is C15H20N2O4. The van der Waals surface area contributed by atoms with E-state index in [0.29, 0.717) is 6.54 Å². The van der Waals surface area contributed by atoms with Gasteiger partial charge in [0.25, 0.3) is 0 Å². The molecule has 2 rings (SSSR count). The average molecular weight is 292 g/mol. The molecule has 0 unspecified atom stereocenters. The number of hydrogen-bond donors (Lipinski definition) is 2. The third-order valence-electron chi connectivity index (χ3n) is 3.68. The number of carboxylic acids is 1. The van der Waals surface area contributed by atoms with Gasteiger partial charge in [-0.15, -0.1) is 0 Å². The minimum absolute atomic E-state index is 0.0635. The first-order valence-electron chi connectivity index (χ1n) is 6.86. The van der Waals surface area contributed by atoms with Crippen LogP contribution in [0.5, 0.6) is 0 Å². The zero-order chi connectivity index (χ0) is 15.6. The van der Waals surface area contributed by atoms with Gasteiger partial charge in [0, 0.05) is 26.6 Å². The number of rotatable bonds is 3. The van der Waals surface area contributed by atoms with Crippen LogP contribution in [0.1, 0.15) is 17.5 Å². The van der Waals surface area contributed by atoms with E-state index >= 15 is 0 Å². The van der Waals surface area contributed by atoms with E-state index in [4.69, 9.17) is 5.11 Å². The maximum atomic E-state index is 12.4. The van der Waals surface area contributed by atoms with E-state index < -0.39 is 18.1 Å². The van der Waals surface area contributed by atoms with E-state index in [9.17, 15) is 14.7 Å². The average Bonchev–Trinajstić information content (AvgIpc) is 2.82. The number of carbonyl (C=O) groups excluding carboxylic acids is 1. The SMILES string of the molecule is Cc1ccc(CN(C)C(=O)N2C[C@H](O)C[C@@H]2C(=O)O)cc1. The van der Waals surface area contributed by atoms with Crippen molar-refractivity contribution in [1.29, 1.82) is 0 Å². The van der Waals surface area contributed by atoms with Crippen LogP contribution in [0.15, 0.2) is 24.3 Å². The van der Waals surface area contributed by atoms with Gasteiger partial charge in [0.15, 0.2) is 0 Å². The Morgan fingerprint density at radius 3 is 2.52 bits per heavy atom. The van der Waals surface area contributed by atoms with Gasteiger partial charge in [-0.2, -0.15) is 0 Å². The summed E-state index contributed by atoms with van der Waals surface area (Å²) in [6, 6.07) is 6.48. The number of aliphatic hydroxyl groups is 1. The maximum Gasteiger partial charge on any atom is 0.326 e. The van der Waals surface area contributed by atoms with Crippen molar-refractivity contribution in [1.82, 2.24) is 9.80 Å². The number of β-amino-alcohol motifs (C(OH)–C–C–N with tert-alkyl or cyclic N) is 1. The summed E-state index contributed by atoms with van der Waals surface area (Å²) in [4.78, 5) is 26.2. The van der Waals surface area contributed by atoms with Gasteiger partial charge < -0.3 is 20.0 Å². The molecule has 1 aromatic carbocycles. The van der Waals surface area contributed by atoms with E-state index in [1.54, 1.807) is 7.05 Å². The molecule has 1 fully saturated rings. The number of benzene rings is 1. The van der Waals surface area contributed by atoms with Crippen LogP contribution < -0.4 is 0 Å². The van der Waals surface area contributed by atoms with Gasteiger partial charge in [-0.1, -0.05) is 29.8 Å². The van der Waals surface area contributed by atoms with Crippen LogP contribution >= 0.6 is 0 Å². The number of carbonyl (C=O) groups is 2. The third-order valence-corrected chi connectivity index (χ3v) is 3.68. The Hall–Kier alpha value is -2.08. The Morgan fingerprint density at radius 2 is 1.95 bits per heavy atom. The summed E-state index contributed by atoms with van der Waals surface area (Å²) >= 11 is 0. The lowest BCUT2D eigenvalue weighted by atomic mass is 10.1. The van der Waals surface area contributed by atoms with Gasteiger partial charge in [-0.05, 0) is 12.5 Å². The highest BCUT2D eigenvalue weighted by Gasteiger charge is 2.39. The smallest absolute Gasteiger partial charge is 0.326 e. The highest BCUT2D eigenvalue weighted by Crippen LogP contribution is 2.20. The highest BCUT2D eigenvalue weighted by atomic mass is 16.4. The fourth-order valence-corrected chi connectivity index (χ4v) is 2.51. The first kappa shape index (κ1) is 15.3. The lowest BCUT2D eigenvalue weighted by Crippen LogP contribution is -2.46. The summed E-state index contributed by atoms with van der Waals surface area (Å²) in [7, 11) is 1.63. The summed E-state index contributed by atoms with van der Waals surface area (Å²) < 4.78 is 0. The number of urea groups is 1. The van der Waals surface area contributed by atoms with Crippen molar-refractivity contribution in [3.05, 3.63) is 35.4 Å². The quantitative estimate of drug-likeness (QED) is 0.873. The second kappa shape index (κ2) is 6.13. The fourth-order valence-electron chi connectivity index (χ4n) is 2.51. The molecule has 2 amide bonds. The number of amides is 2. The molecule has 2 atom stereocenters. The summed E-state index contributed by atoms with van der Waals surface area (Å²) in [5, 5.41) is 18.7. The second-order valence-electron chi connectivity index (χ2n) is 5.52. The van der Waals surface area contributed by atoms with Crippen LogP contribution in [-0.2, 0) is 11.3 Å². The number of likely N-dealkylation sites (tertiary alicyclic amines) is 1. The summed E-state index contributed by atoms with van der Waals surface area (Å²) in [5.74, 6) is -1.08. The van der Waals surface area contributed by atoms with Gasteiger partial charge in [-0.3, -0.25) is 0 Å². The topological polar surface area (TPSA) is 81.1 Å². The van der Waals surface area contributed by atoms with Gasteiger partial charge >= 0.3 is 12.0 Å². The molecule has 6 heteroatoms. The molecule has 1 aliphatic heterocycles. The molecule has 2 N–H and O–H groups in total. The molecule has 0 saturated carbocycles. The predicted molar refractivity (Wildman–Crippen MR) is 76.8 cm³/mol. The standard InChI is InChI=1S/C15H20N2O4/c1-10-3-5-11(6-4-10)8-16(2)15(21)17-9-12(18)7-13(17)14(19)20/h3-6,12-13,18H,7-9H2,1-2H3,(H,19,20)/t12-,13-/m1/s1. The highest BCUT2D eigenvalue weighted by molar-refractivity contribution is 5.83. The van der Waals surface area contributed by atoms with E-state index in [0.717, 1.165) is 11.1 Å². The predicted octanol–water partition coefficient (Wildman–Crippen LogP) is 1.07. The molecule has 114 valence electrons. The van der Waals surface area contributed by atoms with E-state index in [2.05, 4.69) is 0 Å². The second-order valence-corrected chi connectivity index (χ2v) is 5.52. The molecule has 0 spiro atoms. The third kappa shape index (κ3) is 3.52. The van der Waals surface area contributed by atoms with Crippen molar-refractivity contribution in [2.24, 2.45) is 0 Å². The van der Waals surface area contributed by atoms with E-state index in [1.165, 1.54) is 9.80 Å². The molecule has 1 aromatic rings. The molecule has 6 nitrogen and oxygen atoms in total. The lowest BCUT2D eigenvalue weighted by molar-refractivity contribution is -0.141. The monoisotopic (exact) mass is 292 g/mol. The molecule has 21 heavy (non-hydrogen) atoms. The summed E-state index contributed by atoms with van der Waals surface area (Å²) in [6.45, 7) is 2.45. The van der Waals surface area contributed by atoms with Gasteiger partial charge in [-0.25, -0.2) is 9.59 Å². The molecule has 0 radical (unpaired) electrons. The van der Waals surface area contributed by atoms with Gasteiger partial charge in [0.2, 0.25) is 0 Å². The molecule has 1 heterocycles. The number of hydrogen-bond acceptors (Lipinski definition) is 3. The first-order valence-corrected chi connectivity index (χ1v) is 6.86. The van der Waals surface area contributed by atoms with Gasteiger partial charge in [0.1, 0.15) is 6.04 Å². The van der Waals surface area contributed by atoms with Crippen molar-refractivity contribution in [2.45, 2.75) is 32.0 Å². The van der Waals surface area contributed by atoms with Crippen LogP contribution in [0.3, 0.4) is 0 Å². The summed E-state index contributed by atoms with van der Waals surface area (Å²) in [5.41, 5.74) is 2.12. The molecule has 0 aliphatic carbocycles. The van der Waals surface area contributed by atoms with Crippen molar-refractivity contribution in [3.63, 3.8) is 0 Å². The number of aliphatic hydroxyl groups excluding tert-OH is 1. The van der Waals surface area contributed by atoms with Crippen LogP contribution in [0.25, 0.3) is 0 Å².